The van der Waals surface area contributed by atoms with Crippen LogP contribution in [-0.2, 0) is 21.2 Å². The third-order valence-electron chi connectivity index (χ3n) is 3.24. The molecule has 2 rings (SSSR count). The second-order valence-corrected chi connectivity index (χ2v) is 7.73. The van der Waals surface area contributed by atoms with E-state index in [0.29, 0.717) is 13.0 Å². The van der Waals surface area contributed by atoms with Gasteiger partial charge in [-0.2, -0.15) is 0 Å². The lowest BCUT2D eigenvalue weighted by Gasteiger charge is -2.07. The highest BCUT2D eigenvalue weighted by molar-refractivity contribution is 8.00. The lowest BCUT2D eigenvalue weighted by Crippen LogP contribution is -2.27. The van der Waals surface area contributed by atoms with Gasteiger partial charge in [0.25, 0.3) is 0 Å². The first kappa shape index (κ1) is 19.4. The minimum atomic E-state index is -3.72. The molecule has 0 aromatic heterocycles. The highest BCUT2D eigenvalue weighted by Crippen LogP contribution is 2.21. The van der Waals surface area contributed by atoms with Gasteiger partial charge in [-0.25, -0.2) is 22.3 Å². The minimum absolute atomic E-state index is 0.00685. The van der Waals surface area contributed by atoms with Crippen molar-refractivity contribution in [1.82, 2.24) is 5.32 Å². The van der Waals surface area contributed by atoms with Crippen LogP contribution in [0.4, 0.5) is 8.78 Å². The largest absolute Gasteiger partial charge is 0.355 e. The van der Waals surface area contributed by atoms with E-state index >= 15 is 0 Å². The number of carbonyl (C=O) groups excluding carboxylic acids is 1. The fraction of sp³-hybridized carbons (Fsp3) is 0.188. The first-order valence-corrected chi connectivity index (χ1v) is 9.75. The molecule has 0 saturated heterocycles. The van der Waals surface area contributed by atoms with E-state index in [2.05, 4.69) is 5.32 Å². The first-order valence-electron chi connectivity index (χ1n) is 7.22. The van der Waals surface area contributed by atoms with Crippen LogP contribution in [0.1, 0.15) is 5.56 Å². The third-order valence-corrected chi connectivity index (χ3v) is 5.22. The lowest BCUT2D eigenvalue weighted by molar-refractivity contribution is -0.118. The van der Waals surface area contributed by atoms with Crippen molar-refractivity contribution in [3.8, 4) is 0 Å². The van der Waals surface area contributed by atoms with Crippen molar-refractivity contribution in [2.24, 2.45) is 5.14 Å². The number of rotatable bonds is 7. The molecule has 0 aliphatic heterocycles. The summed E-state index contributed by atoms with van der Waals surface area (Å²) in [5, 5.41) is 7.69. The number of amides is 1. The molecule has 5 nitrogen and oxygen atoms in total. The lowest BCUT2D eigenvalue weighted by atomic mass is 10.1. The smallest absolute Gasteiger partial charge is 0.238 e. The zero-order chi connectivity index (χ0) is 18.4. The highest BCUT2D eigenvalue weighted by Gasteiger charge is 2.09. The quantitative estimate of drug-likeness (QED) is 0.713. The summed E-state index contributed by atoms with van der Waals surface area (Å²) in [5.41, 5.74) is 0.838. The number of nitrogens with one attached hydrogen (secondary N) is 1. The van der Waals surface area contributed by atoms with Crippen LogP contribution in [-0.4, -0.2) is 26.6 Å². The molecule has 134 valence electrons. The molecule has 0 fully saturated rings. The van der Waals surface area contributed by atoms with Crippen LogP contribution < -0.4 is 10.5 Å². The molecule has 2 aromatic carbocycles. The van der Waals surface area contributed by atoms with Crippen LogP contribution in [0.3, 0.4) is 0 Å². The van der Waals surface area contributed by atoms with Gasteiger partial charge in [0.2, 0.25) is 15.9 Å². The number of primary sulfonamides is 1. The molecule has 0 aliphatic carbocycles. The maximum Gasteiger partial charge on any atom is 0.238 e. The maximum absolute atomic E-state index is 13.4. The van der Waals surface area contributed by atoms with E-state index in [-0.39, 0.29) is 21.5 Å². The van der Waals surface area contributed by atoms with Crippen LogP contribution >= 0.6 is 11.8 Å². The molecule has 0 spiro atoms. The third kappa shape index (κ3) is 6.11. The van der Waals surface area contributed by atoms with Crippen LogP contribution in [0.2, 0.25) is 0 Å². The topological polar surface area (TPSA) is 89.3 Å². The van der Waals surface area contributed by atoms with Crippen LogP contribution in [0.25, 0.3) is 0 Å². The summed E-state index contributed by atoms with van der Waals surface area (Å²) >= 11 is 0.980. The van der Waals surface area contributed by atoms with E-state index in [0.717, 1.165) is 29.5 Å². The second-order valence-electron chi connectivity index (χ2n) is 5.15. The van der Waals surface area contributed by atoms with E-state index in [1.165, 1.54) is 18.2 Å². The molecule has 9 heteroatoms. The average molecular weight is 386 g/mol. The Bertz CT molecular complexity index is 856. The number of nitrogens with two attached hydrogens (primary N) is 1. The molecular formula is C16H16F2N2O3S2. The van der Waals surface area contributed by atoms with Gasteiger partial charge in [-0.1, -0.05) is 12.1 Å². The molecule has 1 amide bonds. The van der Waals surface area contributed by atoms with Crippen LogP contribution in [0, 0.1) is 11.6 Å². The van der Waals surface area contributed by atoms with Gasteiger partial charge in [0, 0.05) is 17.5 Å². The van der Waals surface area contributed by atoms with Crippen molar-refractivity contribution < 1.29 is 22.0 Å². The molecule has 0 saturated carbocycles. The summed E-state index contributed by atoms with van der Waals surface area (Å²) in [7, 11) is -3.72. The Kier molecular flexibility index (Phi) is 6.51. The Morgan fingerprint density at radius 2 is 1.80 bits per heavy atom. The molecule has 0 aliphatic rings. The fourth-order valence-electron chi connectivity index (χ4n) is 1.98. The summed E-state index contributed by atoms with van der Waals surface area (Å²) in [6.07, 6.45) is 0.506. The van der Waals surface area contributed by atoms with Gasteiger partial charge in [0.1, 0.15) is 11.6 Å². The zero-order valence-corrected chi connectivity index (χ0v) is 14.7. The Morgan fingerprint density at radius 1 is 1.12 bits per heavy atom. The molecule has 0 unspecified atom stereocenters. The predicted molar refractivity (Wildman–Crippen MR) is 91.6 cm³/mol. The van der Waals surface area contributed by atoms with Crippen LogP contribution in [0.15, 0.2) is 52.3 Å². The summed E-state index contributed by atoms with van der Waals surface area (Å²) in [6, 6.07) is 9.23. The molecule has 0 heterocycles. The number of sulfonamides is 1. The number of carbonyl (C=O) groups is 1. The number of halogens is 2. The van der Waals surface area contributed by atoms with Crippen molar-refractivity contribution in [1.29, 1.82) is 0 Å². The van der Waals surface area contributed by atoms with Gasteiger partial charge in [-0.3, -0.25) is 4.79 Å². The van der Waals surface area contributed by atoms with Gasteiger partial charge in [0.15, 0.2) is 0 Å². The van der Waals surface area contributed by atoms with Gasteiger partial charge >= 0.3 is 0 Å². The van der Waals surface area contributed by atoms with Crippen molar-refractivity contribution in [3.63, 3.8) is 0 Å². The first-order chi connectivity index (χ1) is 11.8. The van der Waals surface area contributed by atoms with Crippen LogP contribution in [0.5, 0.6) is 0 Å². The number of thioether (sulfide) groups is 1. The Hall–Kier alpha value is -1.97. The van der Waals surface area contributed by atoms with Gasteiger partial charge < -0.3 is 5.32 Å². The fourth-order valence-corrected chi connectivity index (χ4v) is 3.24. The summed E-state index contributed by atoms with van der Waals surface area (Å²) in [5.74, 6) is -1.64. The molecule has 2 aromatic rings. The maximum atomic E-state index is 13.4. The van der Waals surface area contributed by atoms with E-state index in [9.17, 15) is 22.0 Å². The monoisotopic (exact) mass is 386 g/mol. The summed E-state index contributed by atoms with van der Waals surface area (Å²) in [6.45, 7) is 0.347. The molecule has 0 atom stereocenters. The van der Waals surface area contributed by atoms with Gasteiger partial charge in [-0.05, 0) is 36.2 Å². The summed E-state index contributed by atoms with van der Waals surface area (Å²) < 4.78 is 48.5. The highest BCUT2D eigenvalue weighted by atomic mass is 32.2. The SMILES string of the molecule is NS(=O)(=O)c1ccc(CCNC(=O)CSc2ccc(F)cc2F)cc1. The zero-order valence-electron chi connectivity index (χ0n) is 13.0. The Balaban J connectivity index is 1.77. The second kappa shape index (κ2) is 8.41. The molecule has 25 heavy (non-hydrogen) atoms. The van der Waals surface area contributed by atoms with E-state index in [1.54, 1.807) is 12.1 Å². The molecular weight excluding hydrogens is 370 g/mol. The molecule has 0 radical (unpaired) electrons. The minimum Gasteiger partial charge on any atom is -0.355 e. The van der Waals surface area contributed by atoms with Crippen molar-refractivity contribution >= 4 is 27.7 Å². The number of hydrogen-bond donors (Lipinski definition) is 2. The van der Waals surface area contributed by atoms with E-state index in [4.69, 9.17) is 5.14 Å². The molecule has 3 N–H and O–H groups in total. The van der Waals surface area contributed by atoms with Gasteiger partial charge in [0.05, 0.1) is 10.6 Å². The Morgan fingerprint density at radius 3 is 2.40 bits per heavy atom. The molecule has 0 bridgehead atoms. The van der Waals surface area contributed by atoms with Crippen molar-refractivity contribution in [2.45, 2.75) is 16.2 Å². The van der Waals surface area contributed by atoms with Crippen molar-refractivity contribution in [2.75, 3.05) is 12.3 Å². The normalized spacial score (nSPS) is 11.3. The average Bonchev–Trinajstić information content (AvgIpc) is 2.53. The Labute approximate surface area is 148 Å². The standard InChI is InChI=1S/C16H16F2N2O3S2/c17-12-3-6-15(14(18)9-12)24-10-16(21)20-8-7-11-1-4-13(5-2-11)25(19,22)23/h1-6,9H,7-8,10H2,(H,20,21)(H2,19,22,23). The van der Waals surface area contributed by atoms with E-state index in [1.807, 2.05) is 0 Å². The number of benzene rings is 2. The van der Waals surface area contributed by atoms with Gasteiger partial charge in [-0.15, -0.1) is 11.8 Å². The number of hydrogen-bond acceptors (Lipinski definition) is 4. The predicted octanol–water partition coefficient (Wildman–Crippen LogP) is 2.06. The van der Waals surface area contributed by atoms with Crippen molar-refractivity contribution in [3.05, 3.63) is 59.7 Å². The van der Waals surface area contributed by atoms with E-state index < -0.39 is 21.7 Å². The summed E-state index contributed by atoms with van der Waals surface area (Å²) in [4.78, 5) is 12.0.